The molecule has 2 aromatic rings. The Kier molecular flexibility index (Phi) is 4.15. The zero-order valence-corrected chi connectivity index (χ0v) is 13.7. The lowest BCUT2D eigenvalue weighted by atomic mass is 9.87. The van der Waals surface area contributed by atoms with Crippen LogP contribution in [0.1, 0.15) is 42.6 Å². The number of amides is 1. The SMILES string of the molecule is O=C([C@@H]1C[C@@H]1c1ccco1)N1CCC([C@@H](O)c2ccccc2)CC1. The molecule has 4 heteroatoms. The quantitative estimate of drug-likeness (QED) is 0.938. The van der Waals surface area contributed by atoms with Gasteiger partial charge in [0.2, 0.25) is 5.91 Å². The fourth-order valence-electron chi connectivity index (χ4n) is 3.88. The minimum atomic E-state index is -0.430. The van der Waals surface area contributed by atoms with Crippen LogP contribution < -0.4 is 0 Å². The van der Waals surface area contributed by atoms with E-state index in [9.17, 15) is 9.90 Å². The van der Waals surface area contributed by atoms with Crippen LogP contribution in [0.15, 0.2) is 53.1 Å². The molecule has 1 saturated heterocycles. The molecular weight excluding hydrogens is 302 g/mol. The highest BCUT2D eigenvalue weighted by atomic mass is 16.3. The molecule has 1 saturated carbocycles. The zero-order valence-electron chi connectivity index (χ0n) is 13.7. The topological polar surface area (TPSA) is 53.7 Å². The van der Waals surface area contributed by atoms with Gasteiger partial charge in [-0.15, -0.1) is 0 Å². The van der Waals surface area contributed by atoms with Gasteiger partial charge >= 0.3 is 0 Å². The Labute approximate surface area is 142 Å². The summed E-state index contributed by atoms with van der Waals surface area (Å²) in [4.78, 5) is 14.6. The summed E-state index contributed by atoms with van der Waals surface area (Å²) in [5.41, 5.74) is 0.974. The van der Waals surface area contributed by atoms with E-state index in [0.717, 1.165) is 43.7 Å². The van der Waals surface area contributed by atoms with Crippen molar-refractivity contribution < 1.29 is 14.3 Å². The normalized spacial score (nSPS) is 25.5. The van der Waals surface area contributed by atoms with Crippen LogP contribution in [0, 0.1) is 11.8 Å². The number of furan rings is 1. The van der Waals surface area contributed by atoms with E-state index in [1.165, 1.54) is 0 Å². The molecule has 1 aromatic heterocycles. The summed E-state index contributed by atoms with van der Waals surface area (Å²) in [6, 6.07) is 13.7. The first-order chi connectivity index (χ1) is 11.7. The van der Waals surface area contributed by atoms with Crippen LogP contribution in [0.5, 0.6) is 0 Å². The number of hydrogen-bond donors (Lipinski definition) is 1. The van der Waals surface area contributed by atoms with Gasteiger partial charge in [-0.2, -0.15) is 0 Å². The number of carbonyl (C=O) groups excluding carboxylic acids is 1. The molecule has 0 radical (unpaired) electrons. The van der Waals surface area contributed by atoms with E-state index in [4.69, 9.17) is 4.42 Å². The van der Waals surface area contributed by atoms with E-state index in [2.05, 4.69) is 0 Å². The summed E-state index contributed by atoms with van der Waals surface area (Å²) in [6.07, 6.45) is 3.87. The molecule has 2 heterocycles. The molecule has 2 aliphatic rings. The second kappa shape index (κ2) is 6.44. The fraction of sp³-hybridized carbons (Fsp3) is 0.450. The largest absolute Gasteiger partial charge is 0.469 e. The van der Waals surface area contributed by atoms with Crippen LogP contribution in [0.2, 0.25) is 0 Å². The highest BCUT2D eigenvalue weighted by Gasteiger charge is 2.48. The number of rotatable bonds is 4. The highest BCUT2D eigenvalue weighted by molar-refractivity contribution is 5.82. The maximum absolute atomic E-state index is 12.6. The summed E-state index contributed by atoms with van der Waals surface area (Å²) in [6.45, 7) is 1.49. The van der Waals surface area contributed by atoms with Crippen LogP contribution >= 0.6 is 0 Å². The predicted octanol–water partition coefficient (Wildman–Crippen LogP) is 3.36. The zero-order chi connectivity index (χ0) is 16.5. The molecule has 4 rings (SSSR count). The van der Waals surface area contributed by atoms with Gasteiger partial charge in [-0.05, 0) is 42.9 Å². The lowest BCUT2D eigenvalue weighted by molar-refractivity contribution is -0.134. The Balaban J connectivity index is 1.31. The van der Waals surface area contributed by atoms with Crippen LogP contribution in [0.4, 0.5) is 0 Å². The molecule has 126 valence electrons. The standard InChI is InChI=1S/C20H23NO3/c22-19(14-5-2-1-3-6-14)15-8-10-21(11-9-15)20(23)17-13-16(17)18-7-4-12-24-18/h1-7,12,15-17,19,22H,8-11,13H2/t16-,17+,19-/m0/s1. The van der Waals surface area contributed by atoms with Gasteiger partial charge in [-0.25, -0.2) is 0 Å². The number of nitrogens with zero attached hydrogens (tertiary/aromatic N) is 1. The summed E-state index contributed by atoms with van der Waals surface area (Å²) in [5.74, 6) is 1.77. The molecule has 0 spiro atoms. The van der Waals surface area contributed by atoms with Crippen molar-refractivity contribution in [2.75, 3.05) is 13.1 Å². The average Bonchev–Trinajstić information content (AvgIpc) is 3.26. The third kappa shape index (κ3) is 2.98. The van der Waals surface area contributed by atoms with Crippen molar-refractivity contribution in [2.45, 2.75) is 31.3 Å². The van der Waals surface area contributed by atoms with Crippen LogP contribution in [-0.4, -0.2) is 29.0 Å². The lowest BCUT2D eigenvalue weighted by Gasteiger charge is -2.34. The van der Waals surface area contributed by atoms with Crippen molar-refractivity contribution in [3.05, 3.63) is 60.1 Å². The molecule has 4 nitrogen and oxygen atoms in total. The molecule has 1 aliphatic carbocycles. The summed E-state index contributed by atoms with van der Waals surface area (Å²) >= 11 is 0. The van der Waals surface area contributed by atoms with E-state index in [-0.39, 0.29) is 23.7 Å². The van der Waals surface area contributed by atoms with Crippen molar-refractivity contribution in [2.24, 2.45) is 11.8 Å². The molecule has 1 aliphatic heterocycles. The van der Waals surface area contributed by atoms with Gasteiger partial charge in [-0.3, -0.25) is 4.79 Å². The van der Waals surface area contributed by atoms with Gasteiger partial charge in [0.05, 0.1) is 12.4 Å². The van der Waals surface area contributed by atoms with Crippen molar-refractivity contribution in [3.63, 3.8) is 0 Å². The van der Waals surface area contributed by atoms with Gasteiger partial charge in [0.25, 0.3) is 0 Å². The summed E-state index contributed by atoms with van der Waals surface area (Å²) in [7, 11) is 0. The molecular formula is C20H23NO3. The smallest absolute Gasteiger partial charge is 0.226 e. The minimum absolute atomic E-state index is 0.0896. The Bertz CT molecular complexity index is 674. The molecule has 1 N–H and O–H groups in total. The molecule has 0 bridgehead atoms. The molecule has 1 aromatic carbocycles. The van der Waals surface area contributed by atoms with Gasteiger partial charge in [0.1, 0.15) is 5.76 Å². The molecule has 2 fully saturated rings. The molecule has 3 atom stereocenters. The van der Waals surface area contributed by atoms with Gasteiger partial charge in [-0.1, -0.05) is 30.3 Å². The first-order valence-electron chi connectivity index (χ1n) is 8.79. The lowest BCUT2D eigenvalue weighted by Crippen LogP contribution is -2.40. The van der Waals surface area contributed by atoms with Gasteiger partial charge < -0.3 is 14.4 Å². The van der Waals surface area contributed by atoms with E-state index in [1.807, 2.05) is 47.4 Å². The highest BCUT2D eigenvalue weighted by Crippen LogP contribution is 2.49. The first kappa shape index (κ1) is 15.5. The fourth-order valence-corrected chi connectivity index (χ4v) is 3.88. The molecule has 24 heavy (non-hydrogen) atoms. The van der Waals surface area contributed by atoms with E-state index in [0.29, 0.717) is 0 Å². The number of piperidine rings is 1. The number of aliphatic hydroxyl groups excluding tert-OH is 1. The Morgan fingerprint density at radius 3 is 2.54 bits per heavy atom. The van der Waals surface area contributed by atoms with Crippen molar-refractivity contribution in [1.29, 1.82) is 0 Å². The molecule has 1 amide bonds. The van der Waals surface area contributed by atoms with Crippen LogP contribution in [-0.2, 0) is 4.79 Å². The number of aliphatic hydroxyl groups is 1. The van der Waals surface area contributed by atoms with Crippen molar-refractivity contribution in [3.8, 4) is 0 Å². The number of likely N-dealkylation sites (tertiary alicyclic amines) is 1. The summed E-state index contributed by atoms with van der Waals surface area (Å²) in [5, 5.41) is 10.5. The minimum Gasteiger partial charge on any atom is -0.469 e. The Hall–Kier alpha value is -2.07. The van der Waals surface area contributed by atoms with E-state index < -0.39 is 6.10 Å². The number of carbonyl (C=O) groups is 1. The average molecular weight is 325 g/mol. The van der Waals surface area contributed by atoms with Crippen LogP contribution in [0.25, 0.3) is 0 Å². The Morgan fingerprint density at radius 2 is 1.88 bits per heavy atom. The summed E-state index contributed by atoms with van der Waals surface area (Å²) < 4.78 is 5.42. The molecule has 0 unspecified atom stereocenters. The third-order valence-electron chi connectivity index (χ3n) is 5.46. The maximum atomic E-state index is 12.6. The first-order valence-corrected chi connectivity index (χ1v) is 8.79. The maximum Gasteiger partial charge on any atom is 0.226 e. The predicted molar refractivity (Wildman–Crippen MR) is 90.3 cm³/mol. The Morgan fingerprint density at radius 1 is 1.12 bits per heavy atom. The van der Waals surface area contributed by atoms with Crippen LogP contribution in [0.3, 0.4) is 0 Å². The number of hydrogen-bond acceptors (Lipinski definition) is 3. The van der Waals surface area contributed by atoms with E-state index in [1.54, 1.807) is 6.26 Å². The second-order valence-electron chi connectivity index (χ2n) is 6.98. The third-order valence-corrected chi connectivity index (χ3v) is 5.46. The van der Waals surface area contributed by atoms with Gasteiger partial charge in [0.15, 0.2) is 0 Å². The second-order valence-corrected chi connectivity index (χ2v) is 6.98. The number of benzene rings is 1. The monoisotopic (exact) mass is 325 g/mol. The van der Waals surface area contributed by atoms with E-state index >= 15 is 0 Å². The van der Waals surface area contributed by atoms with Crippen molar-refractivity contribution in [1.82, 2.24) is 4.90 Å². The van der Waals surface area contributed by atoms with Crippen molar-refractivity contribution >= 4 is 5.91 Å². The van der Waals surface area contributed by atoms with Gasteiger partial charge in [0, 0.05) is 24.9 Å².